The summed E-state index contributed by atoms with van der Waals surface area (Å²) >= 11 is 0. The topological polar surface area (TPSA) is 88.2 Å². The first kappa shape index (κ1) is 17.2. The molecule has 0 bridgehead atoms. The number of anilines is 1. The van der Waals surface area contributed by atoms with Crippen molar-refractivity contribution in [2.24, 2.45) is 0 Å². The molecule has 1 aliphatic heterocycles. The summed E-state index contributed by atoms with van der Waals surface area (Å²) in [5.74, 6) is 0.267. The van der Waals surface area contributed by atoms with Crippen LogP contribution in [0.25, 0.3) is 0 Å². The summed E-state index contributed by atoms with van der Waals surface area (Å²) < 4.78 is 23.1. The van der Waals surface area contributed by atoms with Gasteiger partial charge >= 0.3 is 0 Å². The number of hydrogen-bond donors (Lipinski definition) is 2. The maximum Gasteiger partial charge on any atom is 0.253 e. The van der Waals surface area contributed by atoms with Gasteiger partial charge in [0.05, 0.1) is 22.8 Å². The van der Waals surface area contributed by atoms with Crippen LogP contribution >= 0.6 is 0 Å². The predicted molar refractivity (Wildman–Crippen MR) is 93.9 cm³/mol. The second-order valence-electron chi connectivity index (χ2n) is 6.87. The molecule has 7 heteroatoms. The Morgan fingerprint density at radius 2 is 1.79 bits per heavy atom. The van der Waals surface area contributed by atoms with Gasteiger partial charge in [-0.2, -0.15) is 0 Å². The summed E-state index contributed by atoms with van der Waals surface area (Å²) in [6.45, 7) is 0. The molecular weight excluding hydrogens is 326 g/mol. The molecule has 0 radical (unpaired) electrons. The van der Waals surface area contributed by atoms with Crippen molar-refractivity contribution in [3.8, 4) is 0 Å². The van der Waals surface area contributed by atoms with E-state index in [9.17, 15) is 13.2 Å². The highest BCUT2D eigenvalue weighted by Gasteiger charge is 2.27. The van der Waals surface area contributed by atoms with Crippen LogP contribution in [-0.4, -0.2) is 42.9 Å². The number of pyridine rings is 1. The van der Waals surface area contributed by atoms with Crippen molar-refractivity contribution in [2.45, 2.75) is 57.0 Å². The zero-order chi connectivity index (χ0) is 17.0. The maximum absolute atomic E-state index is 12.4. The van der Waals surface area contributed by atoms with Gasteiger partial charge in [-0.15, -0.1) is 0 Å². The average molecular weight is 351 g/mol. The summed E-state index contributed by atoms with van der Waals surface area (Å²) in [5.41, 5.74) is 1.22. The van der Waals surface area contributed by atoms with Crippen LogP contribution in [0.1, 0.15) is 55.3 Å². The first-order valence-electron chi connectivity index (χ1n) is 8.75. The van der Waals surface area contributed by atoms with Gasteiger partial charge in [0.2, 0.25) is 0 Å². The van der Waals surface area contributed by atoms with Gasteiger partial charge in [-0.25, -0.2) is 8.42 Å². The number of rotatable bonds is 4. The molecule has 2 heterocycles. The van der Waals surface area contributed by atoms with Gasteiger partial charge in [-0.1, -0.05) is 25.7 Å². The summed E-state index contributed by atoms with van der Waals surface area (Å²) in [5, 5.41) is 6.29. The van der Waals surface area contributed by atoms with E-state index in [0.29, 0.717) is 17.7 Å². The highest BCUT2D eigenvalue weighted by molar-refractivity contribution is 7.91. The lowest BCUT2D eigenvalue weighted by molar-refractivity contribution is 0.0933. The molecule has 1 unspecified atom stereocenters. The Morgan fingerprint density at radius 1 is 1.04 bits per heavy atom. The van der Waals surface area contributed by atoms with E-state index >= 15 is 0 Å². The molecule has 1 aliphatic carbocycles. The molecule has 1 saturated carbocycles. The fraction of sp³-hybridized carbons (Fsp3) is 0.647. The smallest absolute Gasteiger partial charge is 0.253 e. The van der Waals surface area contributed by atoms with Crippen molar-refractivity contribution in [1.29, 1.82) is 0 Å². The summed E-state index contributed by atoms with van der Waals surface area (Å²) in [6.07, 6.45) is 10.7. The third-order valence-electron chi connectivity index (χ3n) is 4.79. The van der Waals surface area contributed by atoms with E-state index in [0.717, 1.165) is 12.8 Å². The lowest BCUT2D eigenvalue weighted by Crippen LogP contribution is -2.34. The van der Waals surface area contributed by atoms with Crippen LogP contribution in [0.5, 0.6) is 0 Å². The third-order valence-corrected chi connectivity index (χ3v) is 6.56. The minimum atomic E-state index is -2.93. The normalized spacial score (nSPS) is 24.2. The lowest BCUT2D eigenvalue weighted by atomic mass is 10.1. The zero-order valence-electron chi connectivity index (χ0n) is 13.8. The Kier molecular flexibility index (Phi) is 5.38. The molecule has 1 aromatic rings. The molecule has 24 heavy (non-hydrogen) atoms. The molecule has 1 aromatic heterocycles. The molecular formula is C17H25N3O3S. The lowest BCUT2D eigenvalue weighted by Gasteiger charge is -2.17. The molecule has 0 spiro atoms. The second-order valence-corrected chi connectivity index (χ2v) is 9.10. The molecule has 1 atom stereocenters. The molecule has 1 saturated heterocycles. The van der Waals surface area contributed by atoms with Crippen LogP contribution in [0.3, 0.4) is 0 Å². The maximum atomic E-state index is 12.4. The molecule has 3 rings (SSSR count). The van der Waals surface area contributed by atoms with E-state index in [2.05, 4.69) is 15.6 Å². The largest absolute Gasteiger partial charge is 0.380 e. The highest BCUT2D eigenvalue weighted by Crippen LogP contribution is 2.19. The number of sulfone groups is 1. The Balaban J connectivity index is 1.60. The van der Waals surface area contributed by atoms with Crippen LogP contribution in [0.2, 0.25) is 0 Å². The standard InChI is InChI=1S/C17H25N3O3S/c21-17(20-14-5-3-1-2-4-6-14)13-9-16(11-18-10-13)19-15-7-8-24(22,23)12-15/h9-11,14-15,19H,1-8,12H2,(H,20,21). The van der Waals surface area contributed by atoms with Gasteiger partial charge in [0.25, 0.3) is 5.91 Å². The minimum absolute atomic E-state index is 0.0999. The van der Waals surface area contributed by atoms with E-state index < -0.39 is 9.84 Å². The van der Waals surface area contributed by atoms with Gasteiger partial charge in [0, 0.05) is 24.5 Å². The molecule has 2 fully saturated rings. The molecule has 132 valence electrons. The zero-order valence-corrected chi connectivity index (χ0v) is 14.6. The summed E-state index contributed by atoms with van der Waals surface area (Å²) in [7, 11) is -2.93. The Bertz CT molecular complexity index is 682. The molecule has 1 amide bonds. The fourth-order valence-corrected chi connectivity index (χ4v) is 5.15. The van der Waals surface area contributed by atoms with Crippen molar-refractivity contribution in [3.05, 3.63) is 24.0 Å². The number of carbonyl (C=O) groups is 1. The predicted octanol–water partition coefficient (Wildman–Crippen LogP) is 2.13. The van der Waals surface area contributed by atoms with Crippen molar-refractivity contribution >= 4 is 21.4 Å². The summed E-state index contributed by atoms with van der Waals surface area (Å²) in [4.78, 5) is 16.6. The van der Waals surface area contributed by atoms with Crippen LogP contribution < -0.4 is 10.6 Å². The van der Waals surface area contributed by atoms with Crippen molar-refractivity contribution in [1.82, 2.24) is 10.3 Å². The number of aromatic nitrogens is 1. The number of nitrogens with one attached hydrogen (secondary N) is 2. The molecule has 6 nitrogen and oxygen atoms in total. The number of carbonyl (C=O) groups excluding carboxylic acids is 1. The average Bonchev–Trinajstić information content (AvgIpc) is 2.75. The van der Waals surface area contributed by atoms with Gasteiger partial charge in [-0.3, -0.25) is 9.78 Å². The molecule has 0 aromatic carbocycles. The van der Waals surface area contributed by atoms with E-state index in [-0.39, 0.29) is 29.5 Å². The van der Waals surface area contributed by atoms with E-state index in [1.165, 1.54) is 25.7 Å². The van der Waals surface area contributed by atoms with E-state index in [1.54, 1.807) is 18.5 Å². The van der Waals surface area contributed by atoms with E-state index in [1.807, 2.05) is 0 Å². The van der Waals surface area contributed by atoms with Gasteiger partial charge in [0.1, 0.15) is 0 Å². The SMILES string of the molecule is O=C(NC1CCCCCC1)c1cncc(NC2CCS(=O)(=O)C2)c1. The second kappa shape index (κ2) is 7.51. The quantitative estimate of drug-likeness (QED) is 0.812. The van der Waals surface area contributed by atoms with Gasteiger partial charge < -0.3 is 10.6 Å². The Labute approximate surface area is 143 Å². The third kappa shape index (κ3) is 4.69. The fourth-order valence-electron chi connectivity index (χ4n) is 3.48. The van der Waals surface area contributed by atoms with Crippen LogP contribution in [-0.2, 0) is 9.84 Å². The Hall–Kier alpha value is -1.63. The van der Waals surface area contributed by atoms with Crippen molar-refractivity contribution in [3.63, 3.8) is 0 Å². The van der Waals surface area contributed by atoms with Gasteiger partial charge in [-0.05, 0) is 25.3 Å². The van der Waals surface area contributed by atoms with Gasteiger partial charge in [0.15, 0.2) is 9.84 Å². The number of amides is 1. The number of hydrogen-bond acceptors (Lipinski definition) is 5. The van der Waals surface area contributed by atoms with Crippen LogP contribution in [0, 0.1) is 0 Å². The molecule has 2 aliphatic rings. The monoisotopic (exact) mass is 351 g/mol. The Morgan fingerprint density at radius 3 is 2.46 bits per heavy atom. The highest BCUT2D eigenvalue weighted by atomic mass is 32.2. The molecule has 2 N–H and O–H groups in total. The van der Waals surface area contributed by atoms with Crippen LogP contribution in [0.4, 0.5) is 5.69 Å². The van der Waals surface area contributed by atoms with E-state index in [4.69, 9.17) is 0 Å². The first-order chi connectivity index (χ1) is 11.5. The van der Waals surface area contributed by atoms with Crippen molar-refractivity contribution < 1.29 is 13.2 Å². The van der Waals surface area contributed by atoms with Crippen molar-refractivity contribution in [2.75, 3.05) is 16.8 Å². The number of nitrogens with zero attached hydrogens (tertiary/aromatic N) is 1. The first-order valence-corrected chi connectivity index (χ1v) is 10.6. The summed E-state index contributed by atoms with van der Waals surface area (Å²) in [6, 6.07) is 1.90. The van der Waals surface area contributed by atoms with Crippen LogP contribution in [0.15, 0.2) is 18.5 Å². The minimum Gasteiger partial charge on any atom is -0.380 e.